The third-order valence-electron chi connectivity index (χ3n) is 4.53. The topological polar surface area (TPSA) is 157 Å². The quantitative estimate of drug-likeness (QED) is 0.0538. The summed E-state index contributed by atoms with van der Waals surface area (Å²) in [5.74, 6) is -1.12. The summed E-state index contributed by atoms with van der Waals surface area (Å²) in [4.78, 5) is 35.7. The van der Waals surface area contributed by atoms with E-state index in [2.05, 4.69) is 29.1 Å². The molecule has 0 heterocycles. The number of nitrogens with zero attached hydrogens (tertiary/aromatic N) is 1. The first-order valence-corrected chi connectivity index (χ1v) is 12.6. The number of esters is 2. The molecule has 13 nitrogen and oxygen atoms in total. The lowest BCUT2D eigenvalue weighted by Crippen LogP contribution is -2.51. The summed E-state index contributed by atoms with van der Waals surface area (Å²) in [5, 5.41) is 18.6. The summed E-state index contributed by atoms with van der Waals surface area (Å²) in [6.07, 6.45) is 1.62. The fraction of sp³-hybridized carbons (Fsp3) is 0.650. The van der Waals surface area contributed by atoms with Gasteiger partial charge in [-0.15, -0.1) is 0 Å². The van der Waals surface area contributed by atoms with E-state index in [1.807, 2.05) is 0 Å². The number of ether oxygens (including phenoxy) is 2. The Balaban J connectivity index is 4.63. The molecular weight excluding hydrogens is 468 g/mol. The van der Waals surface area contributed by atoms with Gasteiger partial charge in [0.15, 0.2) is 6.35 Å². The predicted molar refractivity (Wildman–Crippen MR) is 126 cm³/mol. The van der Waals surface area contributed by atoms with Gasteiger partial charge in [-0.3, -0.25) is 10.2 Å². The first-order chi connectivity index (χ1) is 16.3. The van der Waals surface area contributed by atoms with Crippen LogP contribution in [0, 0.1) is 0 Å². The molecular formula is C20H38N4O9Si. The molecule has 1 unspecified atom stereocenters. The SMILES string of the molecule is C=CC(=O)OCCNC(=O)NCCN(CCC[Si](OC)(OC)OC)C(O)NCCOC(=O)C=C. The van der Waals surface area contributed by atoms with Gasteiger partial charge in [-0.2, -0.15) is 0 Å². The smallest absolute Gasteiger partial charge is 0.461 e. The van der Waals surface area contributed by atoms with Gasteiger partial charge in [0.2, 0.25) is 0 Å². The molecule has 0 rings (SSSR count). The fourth-order valence-corrected chi connectivity index (χ4v) is 4.39. The zero-order valence-electron chi connectivity index (χ0n) is 20.2. The van der Waals surface area contributed by atoms with Crippen molar-refractivity contribution >= 4 is 26.8 Å². The molecule has 0 bridgehead atoms. The summed E-state index contributed by atoms with van der Waals surface area (Å²) >= 11 is 0. The summed E-state index contributed by atoms with van der Waals surface area (Å²) in [5.41, 5.74) is 0. The second-order valence-electron chi connectivity index (χ2n) is 6.69. The van der Waals surface area contributed by atoms with Crippen molar-refractivity contribution in [2.24, 2.45) is 0 Å². The molecule has 1 atom stereocenters. The lowest BCUT2D eigenvalue weighted by molar-refractivity contribution is -0.138. The van der Waals surface area contributed by atoms with Crippen LogP contribution in [-0.2, 0) is 32.3 Å². The molecule has 0 saturated carbocycles. The summed E-state index contributed by atoms with van der Waals surface area (Å²) in [6, 6.07) is 0.0755. The lowest BCUT2D eigenvalue weighted by Gasteiger charge is -2.30. The van der Waals surface area contributed by atoms with E-state index >= 15 is 0 Å². The molecule has 0 aliphatic heterocycles. The molecule has 0 aromatic rings. The number of rotatable bonds is 20. The Hall–Kier alpha value is -2.33. The van der Waals surface area contributed by atoms with Gasteiger partial charge in [-0.25, -0.2) is 14.4 Å². The number of aliphatic hydroxyl groups excluding tert-OH is 1. The standard InChI is InChI=1S/C20H38N4O9Si/c1-6-17(25)32-14-10-22-19(27)21-9-13-24(12-8-16-34(29-3,30-4)31-5)20(28)23-11-15-33-18(26)7-2/h6-7,20,23,28H,1-2,8-16H2,3-5H3,(H2,21,22,27). The molecule has 196 valence electrons. The molecule has 0 spiro atoms. The van der Waals surface area contributed by atoms with Crippen molar-refractivity contribution in [1.82, 2.24) is 20.9 Å². The highest BCUT2D eigenvalue weighted by Gasteiger charge is 2.37. The second kappa shape index (κ2) is 19.0. The van der Waals surface area contributed by atoms with E-state index in [0.717, 1.165) is 12.2 Å². The first kappa shape index (κ1) is 31.7. The summed E-state index contributed by atoms with van der Waals surface area (Å²) in [7, 11) is 1.82. The van der Waals surface area contributed by atoms with Gasteiger partial charge in [0.05, 0.1) is 6.54 Å². The minimum Gasteiger partial charge on any atom is -0.461 e. The van der Waals surface area contributed by atoms with Gasteiger partial charge in [0, 0.05) is 65.7 Å². The first-order valence-electron chi connectivity index (χ1n) is 10.7. The minimum atomic E-state index is -2.76. The number of carbonyl (C=O) groups excluding carboxylic acids is 3. The number of hydrogen-bond acceptors (Lipinski definition) is 11. The van der Waals surface area contributed by atoms with Crippen LogP contribution in [0.4, 0.5) is 4.79 Å². The number of urea groups is 1. The maximum Gasteiger partial charge on any atom is 0.500 e. The molecule has 0 aliphatic carbocycles. The van der Waals surface area contributed by atoms with Crippen molar-refractivity contribution in [3.8, 4) is 0 Å². The minimum absolute atomic E-state index is 0.0214. The Bertz CT molecular complexity index is 627. The van der Waals surface area contributed by atoms with Crippen LogP contribution in [-0.4, -0.2) is 110 Å². The summed E-state index contributed by atoms with van der Waals surface area (Å²) < 4.78 is 25.9. The lowest BCUT2D eigenvalue weighted by atomic mass is 10.4. The molecule has 2 amide bonds. The van der Waals surface area contributed by atoms with Crippen LogP contribution >= 0.6 is 0 Å². The number of nitrogens with one attached hydrogen (secondary N) is 3. The highest BCUT2D eigenvalue weighted by molar-refractivity contribution is 6.60. The predicted octanol–water partition coefficient (Wildman–Crippen LogP) is -0.820. The van der Waals surface area contributed by atoms with Crippen molar-refractivity contribution < 1.29 is 42.2 Å². The zero-order chi connectivity index (χ0) is 25.8. The van der Waals surface area contributed by atoms with Crippen LogP contribution in [0.3, 0.4) is 0 Å². The average molecular weight is 507 g/mol. The zero-order valence-corrected chi connectivity index (χ0v) is 21.2. The van der Waals surface area contributed by atoms with Crippen LogP contribution < -0.4 is 16.0 Å². The van der Waals surface area contributed by atoms with Crippen molar-refractivity contribution in [2.45, 2.75) is 18.8 Å². The monoisotopic (exact) mass is 506 g/mol. The number of hydrogen-bond donors (Lipinski definition) is 4. The van der Waals surface area contributed by atoms with Gasteiger partial charge >= 0.3 is 26.8 Å². The third kappa shape index (κ3) is 14.0. The maximum atomic E-state index is 11.9. The van der Waals surface area contributed by atoms with E-state index in [9.17, 15) is 19.5 Å². The molecule has 0 fully saturated rings. The number of amides is 2. The van der Waals surface area contributed by atoms with Crippen molar-refractivity contribution in [2.75, 3.05) is 67.3 Å². The maximum absolute atomic E-state index is 11.9. The molecule has 0 radical (unpaired) electrons. The van der Waals surface area contributed by atoms with Crippen molar-refractivity contribution in [1.29, 1.82) is 0 Å². The Morgan fingerprint density at radius 1 is 0.912 bits per heavy atom. The number of aliphatic hydroxyl groups is 1. The van der Waals surface area contributed by atoms with Gasteiger partial charge in [0.1, 0.15) is 13.2 Å². The van der Waals surface area contributed by atoms with Crippen LogP contribution in [0.5, 0.6) is 0 Å². The van der Waals surface area contributed by atoms with E-state index in [-0.39, 0.29) is 32.8 Å². The van der Waals surface area contributed by atoms with E-state index < -0.39 is 33.1 Å². The van der Waals surface area contributed by atoms with Gasteiger partial charge < -0.3 is 38.5 Å². The van der Waals surface area contributed by atoms with Crippen LogP contribution in [0.15, 0.2) is 25.3 Å². The second-order valence-corrected chi connectivity index (χ2v) is 9.78. The molecule has 14 heteroatoms. The number of carbonyl (C=O) groups is 3. The van der Waals surface area contributed by atoms with Crippen molar-refractivity contribution in [3.63, 3.8) is 0 Å². The van der Waals surface area contributed by atoms with E-state index in [1.165, 1.54) is 21.3 Å². The Morgan fingerprint density at radius 3 is 1.97 bits per heavy atom. The fourth-order valence-electron chi connectivity index (χ4n) is 2.69. The molecule has 0 aromatic heterocycles. The highest BCUT2D eigenvalue weighted by atomic mass is 28.4. The molecule has 34 heavy (non-hydrogen) atoms. The third-order valence-corrected chi connectivity index (χ3v) is 7.36. The van der Waals surface area contributed by atoms with E-state index in [1.54, 1.807) is 4.90 Å². The van der Waals surface area contributed by atoms with E-state index in [4.69, 9.17) is 22.8 Å². The van der Waals surface area contributed by atoms with Crippen molar-refractivity contribution in [3.05, 3.63) is 25.3 Å². The Kier molecular flexibility index (Phi) is 17.7. The van der Waals surface area contributed by atoms with Gasteiger partial charge in [0.25, 0.3) is 0 Å². The van der Waals surface area contributed by atoms with Gasteiger partial charge in [-0.05, 0) is 6.42 Å². The largest absolute Gasteiger partial charge is 0.500 e. The van der Waals surface area contributed by atoms with Crippen LogP contribution in [0.1, 0.15) is 6.42 Å². The average Bonchev–Trinajstić information content (AvgIpc) is 2.85. The molecule has 0 saturated heterocycles. The Labute approximate surface area is 201 Å². The van der Waals surface area contributed by atoms with E-state index in [0.29, 0.717) is 25.6 Å². The molecule has 4 N–H and O–H groups in total. The Morgan fingerprint density at radius 2 is 1.44 bits per heavy atom. The highest BCUT2D eigenvalue weighted by Crippen LogP contribution is 2.15. The van der Waals surface area contributed by atoms with Crippen LogP contribution in [0.2, 0.25) is 6.04 Å². The summed E-state index contributed by atoms with van der Waals surface area (Å²) in [6.45, 7) is 7.99. The molecule has 0 aliphatic rings. The normalized spacial score (nSPS) is 12.0. The molecule has 0 aromatic carbocycles. The van der Waals surface area contributed by atoms with Crippen LogP contribution in [0.25, 0.3) is 0 Å². The van der Waals surface area contributed by atoms with Gasteiger partial charge in [-0.1, -0.05) is 13.2 Å².